The predicted octanol–water partition coefficient (Wildman–Crippen LogP) is 3.29. The highest BCUT2D eigenvalue weighted by Crippen LogP contribution is 2.27. The molecule has 0 amide bonds. The van der Waals surface area contributed by atoms with Gasteiger partial charge in [-0.3, -0.25) is 10.1 Å². The number of benzene rings is 1. The van der Waals surface area contributed by atoms with Crippen LogP contribution in [0.25, 0.3) is 6.08 Å². The van der Waals surface area contributed by atoms with Gasteiger partial charge in [-0.25, -0.2) is 4.79 Å². The van der Waals surface area contributed by atoms with Crippen molar-refractivity contribution >= 4 is 17.7 Å². The molecule has 0 aliphatic heterocycles. The van der Waals surface area contributed by atoms with Gasteiger partial charge >= 0.3 is 5.97 Å². The molecule has 1 aromatic carbocycles. The summed E-state index contributed by atoms with van der Waals surface area (Å²) in [5.74, 6) is -0.387. The zero-order chi connectivity index (χ0) is 14.4. The third kappa shape index (κ3) is 4.21. The summed E-state index contributed by atoms with van der Waals surface area (Å²) < 4.78 is 4.74. The first kappa shape index (κ1) is 14.9. The SMILES string of the molecule is CCOC(=O)C=Cc1ccc(C(C)C)c([N+](=O)[O-])c1. The lowest BCUT2D eigenvalue weighted by Crippen LogP contribution is -1.99. The Bertz CT molecular complexity index is 506. The Morgan fingerprint density at radius 2 is 2.16 bits per heavy atom. The van der Waals surface area contributed by atoms with Crippen molar-refractivity contribution in [3.05, 3.63) is 45.5 Å². The monoisotopic (exact) mass is 263 g/mol. The zero-order valence-corrected chi connectivity index (χ0v) is 11.3. The number of carbonyl (C=O) groups is 1. The summed E-state index contributed by atoms with van der Waals surface area (Å²) in [5, 5.41) is 11.0. The van der Waals surface area contributed by atoms with Gasteiger partial charge in [-0.2, -0.15) is 0 Å². The molecule has 0 bridgehead atoms. The van der Waals surface area contributed by atoms with Gasteiger partial charge in [-0.05, 0) is 24.5 Å². The van der Waals surface area contributed by atoms with Crippen molar-refractivity contribution in [1.29, 1.82) is 0 Å². The molecule has 19 heavy (non-hydrogen) atoms. The van der Waals surface area contributed by atoms with Crippen molar-refractivity contribution in [2.45, 2.75) is 26.7 Å². The maximum atomic E-state index is 11.2. The summed E-state index contributed by atoms with van der Waals surface area (Å²) in [6.07, 6.45) is 2.77. The molecule has 0 saturated heterocycles. The van der Waals surface area contributed by atoms with Crippen molar-refractivity contribution in [2.24, 2.45) is 0 Å². The largest absolute Gasteiger partial charge is 0.463 e. The fraction of sp³-hybridized carbons (Fsp3) is 0.357. The van der Waals surface area contributed by atoms with Gasteiger partial charge in [0, 0.05) is 17.7 Å². The molecular formula is C14H17NO4. The molecule has 0 fully saturated rings. The van der Waals surface area contributed by atoms with Gasteiger partial charge in [0.05, 0.1) is 11.5 Å². The molecule has 0 aliphatic rings. The van der Waals surface area contributed by atoms with E-state index in [0.29, 0.717) is 17.7 Å². The first-order valence-electron chi connectivity index (χ1n) is 6.08. The van der Waals surface area contributed by atoms with E-state index in [0.717, 1.165) is 0 Å². The summed E-state index contributed by atoms with van der Waals surface area (Å²) in [5.41, 5.74) is 1.35. The lowest BCUT2D eigenvalue weighted by molar-refractivity contribution is -0.385. The maximum Gasteiger partial charge on any atom is 0.330 e. The zero-order valence-electron chi connectivity index (χ0n) is 11.3. The van der Waals surface area contributed by atoms with Crippen molar-refractivity contribution < 1.29 is 14.5 Å². The van der Waals surface area contributed by atoms with Gasteiger partial charge in [0.2, 0.25) is 0 Å². The minimum atomic E-state index is -0.460. The van der Waals surface area contributed by atoms with Crippen LogP contribution in [0.2, 0.25) is 0 Å². The van der Waals surface area contributed by atoms with Gasteiger partial charge in [-0.15, -0.1) is 0 Å². The summed E-state index contributed by atoms with van der Waals surface area (Å²) in [6.45, 7) is 5.82. The van der Waals surface area contributed by atoms with Crippen molar-refractivity contribution in [3.8, 4) is 0 Å². The Balaban J connectivity index is 3.02. The van der Waals surface area contributed by atoms with Gasteiger partial charge in [0.25, 0.3) is 5.69 Å². The average molecular weight is 263 g/mol. The van der Waals surface area contributed by atoms with E-state index < -0.39 is 10.9 Å². The minimum Gasteiger partial charge on any atom is -0.463 e. The van der Waals surface area contributed by atoms with E-state index >= 15 is 0 Å². The molecule has 102 valence electrons. The first-order chi connectivity index (χ1) is 8.95. The number of ether oxygens (including phenoxy) is 1. The molecule has 5 heteroatoms. The number of nitro benzene ring substituents is 1. The molecule has 0 unspecified atom stereocenters. The highest BCUT2D eigenvalue weighted by atomic mass is 16.6. The molecule has 0 aliphatic carbocycles. The maximum absolute atomic E-state index is 11.2. The molecule has 1 rings (SSSR count). The van der Waals surface area contributed by atoms with Crippen molar-refractivity contribution in [3.63, 3.8) is 0 Å². The fourth-order valence-corrected chi connectivity index (χ4v) is 1.67. The van der Waals surface area contributed by atoms with Gasteiger partial charge < -0.3 is 4.74 Å². The minimum absolute atomic E-state index is 0.0704. The first-order valence-corrected chi connectivity index (χ1v) is 6.08. The van der Waals surface area contributed by atoms with Crippen LogP contribution < -0.4 is 0 Å². The van der Waals surface area contributed by atoms with Gasteiger partial charge in [0.15, 0.2) is 0 Å². The molecule has 5 nitrogen and oxygen atoms in total. The third-order valence-electron chi connectivity index (χ3n) is 2.57. The number of nitrogens with zero attached hydrogens (tertiary/aromatic N) is 1. The number of esters is 1. The van der Waals surface area contributed by atoms with Crippen LogP contribution in [0.4, 0.5) is 5.69 Å². The molecule has 0 N–H and O–H groups in total. The average Bonchev–Trinajstić information content (AvgIpc) is 2.36. The van der Waals surface area contributed by atoms with E-state index in [-0.39, 0.29) is 11.6 Å². The Morgan fingerprint density at radius 1 is 1.47 bits per heavy atom. The number of rotatable bonds is 5. The molecule has 0 radical (unpaired) electrons. The Hall–Kier alpha value is -2.17. The lowest BCUT2D eigenvalue weighted by Gasteiger charge is -2.06. The third-order valence-corrected chi connectivity index (χ3v) is 2.57. The molecule has 0 aromatic heterocycles. The van der Waals surface area contributed by atoms with Crippen LogP contribution in [0.15, 0.2) is 24.3 Å². The predicted molar refractivity (Wildman–Crippen MR) is 72.9 cm³/mol. The highest BCUT2D eigenvalue weighted by Gasteiger charge is 2.16. The lowest BCUT2D eigenvalue weighted by atomic mass is 9.99. The van der Waals surface area contributed by atoms with Crippen molar-refractivity contribution in [2.75, 3.05) is 6.61 Å². The Kier molecular flexibility index (Phi) is 5.23. The van der Waals surface area contributed by atoms with Crippen LogP contribution >= 0.6 is 0 Å². The van der Waals surface area contributed by atoms with Crippen LogP contribution in [0.3, 0.4) is 0 Å². The smallest absolute Gasteiger partial charge is 0.330 e. The van der Waals surface area contributed by atoms with Crippen LogP contribution in [0.1, 0.15) is 37.8 Å². The quantitative estimate of drug-likeness (QED) is 0.354. The molecular weight excluding hydrogens is 246 g/mol. The molecule has 0 spiro atoms. The molecule has 0 heterocycles. The number of hydrogen-bond donors (Lipinski definition) is 0. The van der Waals surface area contributed by atoms with Gasteiger partial charge in [0.1, 0.15) is 0 Å². The van der Waals surface area contributed by atoms with Crippen LogP contribution in [-0.2, 0) is 9.53 Å². The van der Waals surface area contributed by atoms with E-state index in [1.165, 1.54) is 18.2 Å². The normalized spacial score (nSPS) is 10.9. The second kappa shape index (κ2) is 6.68. The van der Waals surface area contributed by atoms with E-state index in [2.05, 4.69) is 0 Å². The number of nitro groups is 1. The fourth-order valence-electron chi connectivity index (χ4n) is 1.67. The van der Waals surface area contributed by atoms with Crippen LogP contribution in [-0.4, -0.2) is 17.5 Å². The summed E-state index contributed by atoms with van der Waals surface area (Å²) in [4.78, 5) is 21.8. The standard InChI is InChI=1S/C14H17NO4/c1-4-19-14(16)8-6-11-5-7-12(10(2)3)13(9-11)15(17)18/h5-10H,4H2,1-3H3. The second-order valence-electron chi connectivity index (χ2n) is 4.32. The van der Waals surface area contributed by atoms with Crippen molar-refractivity contribution in [1.82, 2.24) is 0 Å². The molecule has 0 atom stereocenters. The summed E-state index contributed by atoms with van der Waals surface area (Å²) in [7, 11) is 0. The van der Waals surface area contributed by atoms with Crippen LogP contribution in [0.5, 0.6) is 0 Å². The Labute approximate surface area is 112 Å². The number of hydrogen-bond acceptors (Lipinski definition) is 4. The Morgan fingerprint density at radius 3 is 2.68 bits per heavy atom. The number of carbonyl (C=O) groups excluding carboxylic acids is 1. The second-order valence-corrected chi connectivity index (χ2v) is 4.32. The van der Waals surface area contributed by atoms with E-state index in [9.17, 15) is 14.9 Å². The highest BCUT2D eigenvalue weighted by molar-refractivity contribution is 5.87. The van der Waals surface area contributed by atoms with E-state index in [1.54, 1.807) is 19.1 Å². The van der Waals surface area contributed by atoms with E-state index in [1.807, 2.05) is 13.8 Å². The summed E-state index contributed by atoms with van der Waals surface area (Å²) in [6, 6.07) is 4.93. The topological polar surface area (TPSA) is 69.4 Å². The van der Waals surface area contributed by atoms with E-state index in [4.69, 9.17) is 4.74 Å². The van der Waals surface area contributed by atoms with Gasteiger partial charge in [-0.1, -0.05) is 26.0 Å². The van der Waals surface area contributed by atoms with Crippen LogP contribution in [0, 0.1) is 10.1 Å². The summed E-state index contributed by atoms with van der Waals surface area (Å²) >= 11 is 0. The molecule has 0 saturated carbocycles. The molecule has 1 aromatic rings.